The van der Waals surface area contributed by atoms with Crippen molar-refractivity contribution in [1.82, 2.24) is 9.80 Å². The number of halogens is 1. The topological polar surface area (TPSA) is 80.1 Å². The third-order valence-corrected chi connectivity index (χ3v) is 6.58. The molecule has 31 heavy (non-hydrogen) atoms. The lowest BCUT2D eigenvalue weighted by Crippen LogP contribution is -2.51. The molecule has 9 heteroatoms. The molecule has 2 amide bonds. The van der Waals surface area contributed by atoms with E-state index in [1.54, 1.807) is 28.0 Å². The highest BCUT2D eigenvalue weighted by molar-refractivity contribution is 7.20. The molecule has 160 valence electrons. The molecule has 0 spiro atoms. The Morgan fingerprint density at radius 2 is 1.81 bits per heavy atom. The molecule has 1 aromatic carbocycles. The van der Waals surface area contributed by atoms with Gasteiger partial charge in [-0.1, -0.05) is 29.8 Å². The normalized spacial score (nSPS) is 14.4. The van der Waals surface area contributed by atoms with E-state index in [1.165, 1.54) is 23.7 Å². The molecule has 1 saturated heterocycles. The van der Waals surface area contributed by atoms with E-state index in [0.29, 0.717) is 31.2 Å². The number of amides is 2. The molecular weight excluding hydrogens is 440 g/mol. The molecule has 1 aliphatic heterocycles. The fourth-order valence-electron chi connectivity index (χ4n) is 3.27. The Kier molecular flexibility index (Phi) is 6.39. The van der Waals surface area contributed by atoms with Gasteiger partial charge in [0.05, 0.1) is 11.3 Å². The molecule has 0 aliphatic carbocycles. The highest BCUT2D eigenvalue weighted by atomic mass is 35.5. The molecule has 0 bridgehead atoms. The fourth-order valence-corrected chi connectivity index (χ4v) is 4.67. The van der Waals surface area contributed by atoms with Crippen LogP contribution in [0.4, 0.5) is 0 Å². The smallest absolute Gasteiger partial charge is 0.331 e. The monoisotopic (exact) mass is 458 g/mol. The number of furan rings is 1. The van der Waals surface area contributed by atoms with Crippen molar-refractivity contribution in [3.8, 4) is 0 Å². The third-order valence-electron chi connectivity index (χ3n) is 4.92. The first-order valence-corrected chi connectivity index (χ1v) is 10.8. The van der Waals surface area contributed by atoms with Gasteiger partial charge in [-0.25, -0.2) is 4.79 Å². The maximum Gasteiger partial charge on any atom is 0.331 e. The van der Waals surface area contributed by atoms with E-state index in [1.807, 2.05) is 24.3 Å². The lowest BCUT2D eigenvalue weighted by atomic mass is 10.2. The molecule has 1 aliphatic rings. The van der Waals surface area contributed by atoms with E-state index in [-0.39, 0.29) is 24.2 Å². The third kappa shape index (κ3) is 4.81. The van der Waals surface area contributed by atoms with E-state index in [9.17, 15) is 14.4 Å². The predicted molar refractivity (Wildman–Crippen MR) is 118 cm³/mol. The number of thiophene rings is 1. The van der Waals surface area contributed by atoms with Crippen molar-refractivity contribution in [1.29, 1.82) is 0 Å². The Hall–Kier alpha value is -3.10. The number of carbonyl (C=O) groups excluding carboxylic acids is 3. The summed E-state index contributed by atoms with van der Waals surface area (Å²) in [6.07, 6.45) is 4.31. The Labute approximate surface area is 187 Å². The molecule has 3 aromatic rings. The molecular formula is C22H19ClN2O5S. The van der Waals surface area contributed by atoms with Crippen LogP contribution in [0, 0.1) is 0 Å². The zero-order chi connectivity index (χ0) is 21.8. The molecule has 1 fully saturated rings. The largest absolute Gasteiger partial charge is 0.459 e. The molecule has 0 unspecified atom stereocenters. The Morgan fingerprint density at radius 1 is 1.06 bits per heavy atom. The first kappa shape index (κ1) is 21.1. The van der Waals surface area contributed by atoms with Crippen molar-refractivity contribution in [3.05, 3.63) is 64.4 Å². The van der Waals surface area contributed by atoms with E-state index in [4.69, 9.17) is 20.8 Å². The SMILES string of the molecule is O=C(/C=C/c1sc2ccccc2c1Cl)OCC(=O)N1CCN(C(=O)c2ccco2)CC1. The molecule has 7 nitrogen and oxygen atoms in total. The summed E-state index contributed by atoms with van der Waals surface area (Å²) in [5, 5.41) is 1.52. The molecule has 3 heterocycles. The van der Waals surface area contributed by atoms with Crippen molar-refractivity contribution >= 4 is 56.9 Å². The van der Waals surface area contributed by atoms with Crippen LogP contribution in [0.15, 0.2) is 53.2 Å². The predicted octanol–water partition coefficient (Wildman–Crippen LogP) is 3.69. The molecule has 4 rings (SSSR count). The molecule has 0 saturated carbocycles. The number of esters is 1. The van der Waals surface area contributed by atoms with E-state index < -0.39 is 5.97 Å². The quantitative estimate of drug-likeness (QED) is 0.430. The molecule has 0 radical (unpaired) electrons. The van der Waals surface area contributed by atoms with Crippen molar-refractivity contribution in [3.63, 3.8) is 0 Å². The number of fused-ring (bicyclic) bond motifs is 1. The number of benzene rings is 1. The van der Waals surface area contributed by atoms with Gasteiger partial charge in [-0.15, -0.1) is 11.3 Å². The van der Waals surface area contributed by atoms with Crippen LogP contribution in [-0.2, 0) is 14.3 Å². The van der Waals surface area contributed by atoms with Crippen LogP contribution in [0.25, 0.3) is 16.2 Å². The number of piperazine rings is 1. The summed E-state index contributed by atoms with van der Waals surface area (Å²) in [5.41, 5.74) is 0. The van der Waals surface area contributed by atoms with Crippen LogP contribution in [0.3, 0.4) is 0 Å². The van der Waals surface area contributed by atoms with Gasteiger partial charge < -0.3 is 19.0 Å². The van der Waals surface area contributed by atoms with Crippen LogP contribution in [0.2, 0.25) is 5.02 Å². The average Bonchev–Trinajstić information content (AvgIpc) is 3.44. The van der Waals surface area contributed by atoms with Gasteiger partial charge in [-0.05, 0) is 24.3 Å². The van der Waals surface area contributed by atoms with Crippen molar-refractivity contribution in [2.45, 2.75) is 0 Å². The van der Waals surface area contributed by atoms with Gasteiger partial charge in [0.15, 0.2) is 12.4 Å². The second-order valence-corrected chi connectivity index (χ2v) is 8.33. The summed E-state index contributed by atoms with van der Waals surface area (Å²) in [6, 6.07) is 11.0. The molecule has 2 aromatic heterocycles. The summed E-state index contributed by atoms with van der Waals surface area (Å²) in [6.45, 7) is 1.18. The number of nitrogens with zero attached hydrogens (tertiary/aromatic N) is 2. The zero-order valence-corrected chi connectivity index (χ0v) is 18.0. The van der Waals surface area contributed by atoms with Gasteiger partial charge in [0.25, 0.3) is 11.8 Å². The van der Waals surface area contributed by atoms with Crippen LogP contribution in [0.5, 0.6) is 0 Å². The summed E-state index contributed by atoms with van der Waals surface area (Å²) in [4.78, 5) is 40.6. The highest BCUT2D eigenvalue weighted by Gasteiger charge is 2.26. The number of hydrogen-bond donors (Lipinski definition) is 0. The van der Waals surface area contributed by atoms with Gasteiger partial charge in [-0.2, -0.15) is 0 Å². The lowest BCUT2D eigenvalue weighted by Gasteiger charge is -2.34. The second-order valence-electron chi connectivity index (χ2n) is 6.87. The first-order valence-electron chi connectivity index (χ1n) is 9.65. The van der Waals surface area contributed by atoms with E-state index >= 15 is 0 Å². The van der Waals surface area contributed by atoms with Gasteiger partial charge >= 0.3 is 5.97 Å². The maximum absolute atomic E-state index is 12.3. The van der Waals surface area contributed by atoms with Gasteiger partial charge in [0.2, 0.25) is 0 Å². The van der Waals surface area contributed by atoms with E-state index in [2.05, 4.69) is 0 Å². The van der Waals surface area contributed by atoms with Crippen LogP contribution in [0.1, 0.15) is 15.4 Å². The van der Waals surface area contributed by atoms with Gasteiger partial charge in [-0.3, -0.25) is 9.59 Å². The number of carbonyl (C=O) groups is 3. The zero-order valence-electron chi connectivity index (χ0n) is 16.5. The van der Waals surface area contributed by atoms with Crippen molar-refractivity contribution in [2.24, 2.45) is 0 Å². The summed E-state index contributed by atoms with van der Waals surface area (Å²) in [5.74, 6) is -0.840. The highest BCUT2D eigenvalue weighted by Crippen LogP contribution is 2.35. The Morgan fingerprint density at radius 3 is 2.52 bits per heavy atom. The van der Waals surface area contributed by atoms with Crippen molar-refractivity contribution < 1.29 is 23.5 Å². The summed E-state index contributed by atoms with van der Waals surface area (Å²) in [7, 11) is 0. The van der Waals surface area contributed by atoms with E-state index in [0.717, 1.165) is 15.0 Å². The summed E-state index contributed by atoms with van der Waals surface area (Å²) < 4.78 is 11.2. The van der Waals surface area contributed by atoms with Gasteiger partial charge in [0, 0.05) is 47.2 Å². The molecule has 0 N–H and O–H groups in total. The van der Waals surface area contributed by atoms with Crippen LogP contribution in [-0.4, -0.2) is 60.4 Å². The van der Waals surface area contributed by atoms with Crippen molar-refractivity contribution in [2.75, 3.05) is 32.8 Å². The second kappa shape index (κ2) is 9.36. The van der Waals surface area contributed by atoms with Gasteiger partial charge in [0.1, 0.15) is 0 Å². The maximum atomic E-state index is 12.3. The first-order chi connectivity index (χ1) is 15.0. The Balaban J connectivity index is 1.25. The average molecular weight is 459 g/mol. The number of ether oxygens (including phenoxy) is 1. The number of rotatable bonds is 5. The van der Waals surface area contributed by atoms with Crippen LogP contribution >= 0.6 is 22.9 Å². The number of hydrogen-bond acceptors (Lipinski definition) is 6. The van der Waals surface area contributed by atoms with Crippen LogP contribution < -0.4 is 0 Å². The Bertz CT molecular complexity index is 1130. The lowest BCUT2D eigenvalue weighted by molar-refractivity contribution is -0.148. The minimum absolute atomic E-state index is 0.200. The minimum atomic E-state index is -0.617. The minimum Gasteiger partial charge on any atom is -0.459 e. The standard InChI is InChI=1S/C22H19ClN2O5S/c23-21-15-4-1-2-6-17(15)31-18(21)7-8-20(27)30-14-19(26)24-9-11-25(12-10-24)22(28)16-5-3-13-29-16/h1-8,13H,9-12,14H2/b8-7+. The fraction of sp³-hybridized carbons (Fsp3) is 0.227. The summed E-state index contributed by atoms with van der Waals surface area (Å²) >= 11 is 7.82. The molecule has 0 atom stereocenters.